The van der Waals surface area contributed by atoms with Crippen molar-refractivity contribution in [1.29, 1.82) is 0 Å². The van der Waals surface area contributed by atoms with Crippen molar-refractivity contribution in [2.75, 3.05) is 7.11 Å². The molecule has 152 valence electrons. The molecule has 1 fully saturated rings. The normalized spacial score (nSPS) is 16.2. The molecule has 0 atom stereocenters. The Labute approximate surface area is 187 Å². The molecule has 1 aromatic heterocycles. The van der Waals surface area contributed by atoms with E-state index in [9.17, 15) is 4.79 Å². The molecule has 4 aromatic rings. The molecule has 0 bridgehead atoms. The van der Waals surface area contributed by atoms with Gasteiger partial charge in [-0.05, 0) is 71.9 Å². The zero-order chi connectivity index (χ0) is 21.2. The van der Waals surface area contributed by atoms with E-state index >= 15 is 0 Å². The maximum atomic E-state index is 12.3. The van der Waals surface area contributed by atoms with Gasteiger partial charge in [-0.25, -0.2) is 9.98 Å². The number of hydrogen-bond donors (Lipinski definition) is 1. The lowest BCUT2D eigenvalue weighted by Crippen LogP contribution is -2.19. The van der Waals surface area contributed by atoms with E-state index in [-0.39, 0.29) is 5.91 Å². The molecular weight excluding hydrogens is 426 g/mol. The van der Waals surface area contributed by atoms with E-state index in [4.69, 9.17) is 9.72 Å². The van der Waals surface area contributed by atoms with Gasteiger partial charge in [0.2, 0.25) is 0 Å². The number of nitrogens with zero attached hydrogens (tertiary/aromatic N) is 2. The van der Waals surface area contributed by atoms with Crippen LogP contribution in [0.1, 0.15) is 5.56 Å². The third-order valence-corrected chi connectivity index (χ3v) is 6.70. The van der Waals surface area contributed by atoms with Crippen LogP contribution in [-0.2, 0) is 4.79 Å². The number of benzene rings is 3. The summed E-state index contributed by atoms with van der Waals surface area (Å²) in [5.41, 5.74) is 3.76. The van der Waals surface area contributed by atoms with Crippen LogP contribution in [0.2, 0.25) is 0 Å². The van der Waals surface area contributed by atoms with Crippen LogP contribution >= 0.6 is 23.1 Å². The van der Waals surface area contributed by atoms with Crippen molar-refractivity contribution in [2.24, 2.45) is 4.99 Å². The Morgan fingerprint density at radius 2 is 1.77 bits per heavy atom. The van der Waals surface area contributed by atoms with E-state index in [1.807, 2.05) is 72.8 Å². The summed E-state index contributed by atoms with van der Waals surface area (Å²) in [6, 6.07) is 23.6. The van der Waals surface area contributed by atoms with Crippen molar-refractivity contribution in [3.8, 4) is 16.3 Å². The summed E-state index contributed by atoms with van der Waals surface area (Å²) in [6.07, 6.45) is 1.85. The summed E-state index contributed by atoms with van der Waals surface area (Å²) in [7, 11) is 1.63. The van der Waals surface area contributed by atoms with Gasteiger partial charge in [0.15, 0.2) is 5.17 Å². The van der Waals surface area contributed by atoms with Crippen LogP contribution in [0.4, 0.5) is 5.69 Å². The maximum absolute atomic E-state index is 12.3. The fourth-order valence-corrected chi connectivity index (χ4v) is 4.94. The number of amidine groups is 1. The first kappa shape index (κ1) is 19.5. The summed E-state index contributed by atoms with van der Waals surface area (Å²) in [5.74, 6) is 0.632. The molecule has 5 nitrogen and oxygen atoms in total. The summed E-state index contributed by atoms with van der Waals surface area (Å²) in [6.45, 7) is 0. The molecule has 0 saturated carbocycles. The van der Waals surface area contributed by atoms with Crippen LogP contribution in [0, 0.1) is 0 Å². The summed E-state index contributed by atoms with van der Waals surface area (Å²) in [4.78, 5) is 22.2. The number of methoxy groups -OCH3 is 1. The Kier molecular flexibility index (Phi) is 5.28. The molecule has 0 spiro atoms. The smallest absolute Gasteiger partial charge is 0.264 e. The van der Waals surface area contributed by atoms with E-state index in [2.05, 4.69) is 16.4 Å². The average Bonchev–Trinajstić information content (AvgIpc) is 3.38. The molecule has 0 unspecified atom stereocenters. The maximum Gasteiger partial charge on any atom is 0.264 e. The Hall–Kier alpha value is -3.42. The first-order valence-corrected chi connectivity index (χ1v) is 11.2. The Bertz CT molecular complexity index is 1290. The van der Waals surface area contributed by atoms with E-state index in [0.29, 0.717) is 10.1 Å². The highest BCUT2D eigenvalue weighted by molar-refractivity contribution is 8.18. The zero-order valence-corrected chi connectivity index (χ0v) is 18.2. The van der Waals surface area contributed by atoms with Gasteiger partial charge in [-0.3, -0.25) is 4.79 Å². The Morgan fingerprint density at radius 1 is 1.00 bits per heavy atom. The summed E-state index contributed by atoms with van der Waals surface area (Å²) < 4.78 is 6.34. The monoisotopic (exact) mass is 443 g/mol. The highest BCUT2D eigenvalue weighted by Gasteiger charge is 2.23. The number of hydrogen-bond acceptors (Lipinski definition) is 6. The van der Waals surface area contributed by atoms with Gasteiger partial charge in [-0.2, -0.15) is 0 Å². The van der Waals surface area contributed by atoms with Gasteiger partial charge in [-0.15, -0.1) is 11.3 Å². The second-order valence-electron chi connectivity index (χ2n) is 6.79. The van der Waals surface area contributed by atoms with Crippen LogP contribution < -0.4 is 10.1 Å². The van der Waals surface area contributed by atoms with Gasteiger partial charge in [0.25, 0.3) is 5.91 Å². The molecule has 3 aromatic carbocycles. The topological polar surface area (TPSA) is 63.6 Å². The third kappa shape index (κ3) is 4.23. The number of aliphatic imine (C=N–C) groups is 1. The van der Waals surface area contributed by atoms with Crippen LogP contribution in [0.5, 0.6) is 5.75 Å². The highest BCUT2D eigenvalue weighted by Crippen LogP contribution is 2.32. The Balaban J connectivity index is 1.33. The number of carbonyl (C=O) groups excluding carboxylic acids is 1. The number of thioether (sulfide) groups is 1. The number of fused-ring (bicyclic) bond motifs is 1. The average molecular weight is 444 g/mol. The van der Waals surface area contributed by atoms with Crippen molar-refractivity contribution in [3.05, 3.63) is 83.3 Å². The van der Waals surface area contributed by atoms with Crippen LogP contribution in [0.15, 0.2) is 82.7 Å². The van der Waals surface area contributed by atoms with Crippen LogP contribution in [0.25, 0.3) is 26.9 Å². The molecule has 1 saturated heterocycles. The molecule has 1 N–H and O–H groups in total. The molecule has 0 radical (unpaired) electrons. The minimum absolute atomic E-state index is 0.148. The number of ether oxygens (including phenoxy) is 1. The lowest BCUT2D eigenvalue weighted by molar-refractivity contribution is -0.115. The number of rotatable bonds is 4. The number of thiazole rings is 1. The SMILES string of the molecule is COc1ccc(/C=C2/SC(=Nc3ccc(-c4nc5ccccc5s4)cc3)NC2=O)cc1. The largest absolute Gasteiger partial charge is 0.497 e. The summed E-state index contributed by atoms with van der Waals surface area (Å²) >= 11 is 3.00. The van der Waals surface area contributed by atoms with Crippen molar-refractivity contribution < 1.29 is 9.53 Å². The molecule has 2 heterocycles. The van der Waals surface area contributed by atoms with Crippen LogP contribution in [0.3, 0.4) is 0 Å². The third-order valence-electron chi connectivity index (χ3n) is 4.70. The molecule has 1 aliphatic heterocycles. The van der Waals surface area contributed by atoms with Gasteiger partial charge in [0.05, 0.1) is 27.9 Å². The highest BCUT2D eigenvalue weighted by atomic mass is 32.2. The van der Waals surface area contributed by atoms with Crippen molar-refractivity contribution in [1.82, 2.24) is 10.3 Å². The van der Waals surface area contributed by atoms with Crippen LogP contribution in [-0.4, -0.2) is 23.2 Å². The predicted molar refractivity (Wildman–Crippen MR) is 129 cm³/mol. The molecule has 0 aliphatic carbocycles. The van der Waals surface area contributed by atoms with Crippen molar-refractivity contribution in [3.63, 3.8) is 0 Å². The van der Waals surface area contributed by atoms with Crippen molar-refractivity contribution in [2.45, 2.75) is 0 Å². The Morgan fingerprint density at radius 3 is 2.52 bits per heavy atom. The number of carbonyl (C=O) groups is 1. The minimum Gasteiger partial charge on any atom is -0.497 e. The van der Waals surface area contributed by atoms with Crippen molar-refractivity contribution >= 4 is 56.2 Å². The molecular formula is C24H17N3O2S2. The number of amides is 1. The van der Waals surface area contributed by atoms with Gasteiger partial charge >= 0.3 is 0 Å². The molecule has 1 aliphatic rings. The van der Waals surface area contributed by atoms with E-state index in [1.54, 1.807) is 18.4 Å². The fraction of sp³-hybridized carbons (Fsp3) is 0.0417. The molecule has 7 heteroatoms. The lowest BCUT2D eigenvalue weighted by Gasteiger charge is -1.99. The first-order chi connectivity index (χ1) is 15.2. The minimum atomic E-state index is -0.148. The second kappa shape index (κ2) is 8.37. The molecule has 31 heavy (non-hydrogen) atoms. The number of nitrogens with one attached hydrogen (secondary N) is 1. The number of aromatic nitrogens is 1. The summed E-state index contributed by atoms with van der Waals surface area (Å²) in [5, 5.41) is 4.38. The quantitative estimate of drug-likeness (QED) is 0.401. The predicted octanol–water partition coefficient (Wildman–Crippen LogP) is 5.86. The fourth-order valence-electron chi connectivity index (χ4n) is 3.12. The van der Waals surface area contributed by atoms with Gasteiger partial charge < -0.3 is 10.1 Å². The molecule has 5 rings (SSSR count). The molecule has 1 amide bonds. The number of para-hydroxylation sites is 1. The second-order valence-corrected chi connectivity index (χ2v) is 8.85. The first-order valence-electron chi connectivity index (χ1n) is 9.57. The van der Waals surface area contributed by atoms with Gasteiger partial charge in [-0.1, -0.05) is 24.3 Å². The van der Waals surface area contributed by atoms with Gasteiger partial charge in [0, 0.05) is 5.56 Å². The van der Waals surface area contributed by atoms with E-state index in [1.165, 1.54) is 16.5 Å². The lowest BCUT2D eigenvalue weighted by atomic mass is 10.2. The van der Waals surface area contributed by atoms with Gasteiger partial charge in [0.1, 0.15) is 10.8 Å². The zero-order valence-electron chi connectivity index (χ0n) is 16.5. The standard InChI is InChI=1S/C24H17N3O2S2/c1-29-18-12-6-15(7-13-18)14-21-22(28)27-24(31-21)25-17-10-8-16(9-11-17)23-26-19-4-2-3-5-20(19)30-23/h2-14H,1H3,(H,25,27,28)/b21-14+. The van der Waals surface area contributed by atoms with E-state index in [0.717, 1.165) is 33.1 Å². The van der Waals surface area contributed by atoms with E-state index < -0.39 is 0 Å².